The first-order valence-electron chi connectivity index (χ1n) is 3.45. The van der Waals surface area contributed by atoms with Gasteiger partial charge in [-0.05, 0) is 6.07 Å². The molecule has 0 aliphatic rings. The predicted molar refractivity (Wildman–Crippen MR) is 48.0 cm³/mol. The molecule has 6 heteroatoms. The summed E-state index contributed by atoms with van der Waals surface area (Å²) < 4.78 is 0. The van der Waals surface area contributed by atoms with Crippen molar-refractivity contribution in [2.45, 2.75) is 0 Å². The van der Waals surface area contributed by atoms with Gasteiger partial charge < -0.3 is 0 Å². The first kappa shape index (κ1) is 8.00. The number of H-pyrrole nitrogens is 2. The summed E-state index contributed by atoms with van der Waals surface area (Å²) in [6.45, 7) is 0. The Morgan fingerprint density at radius 2 is 2.08 bits per heavy atom. The standard InChI is InChI=1S/C7H4ClN3O2/c8-3-1-2-9-5-4(3)6(12)11-7(13)10-5/h1-2H,(H2,9,10,11,12,13). The molecule has 13 heavy (non-hydrogen) atoms. The zero-order valence-corrected chi connectivity index (χ0v) is 7.05. The third-order valence-corrected chi connectivity index (χ3v) is 1.90. The first-order chi connectivity index (χ1) is 6.18. The molecule has 0 atom stereocenters. The van der Waals surface area contributed by atoms with Crippen LogP contribution in [0.2, 0.25) is 5.02 Å². The maximum absolute atomic E-state index is 11.2. The van der Waals surface area contributed by atoms with Crippen LogP contribution in [0.25, 0.3) is 11.0 Å². The second-order valence-electron chi connectivity index (χ2n) is 2.42. The Hall–Kier alpha value is -1.62. The second-order valence-corrected chi connectivity index (χ2v) is 2.83. The number of halogens is 1. The molecule has 2 aromatic heterocycles. The van der Waals surface area contributed by atoms with Crippen LogP contribution in [-0.4, -0.2) is 15.0 Å². The van der Waals surface area contributed by atoms with Gasteiger partial charge in [0.05, 0.1) is 5.02 Å². The van der Waals surface area contributed by atoms with Crippen LogP contribution in [0.1, 0.15) is 0 Å². The number of rotatable bonds is 0. The molecule has 0 amide bonds. The van der Waals surface area contributed by atoms with Crippen molar-refractivity contribution in [2.75, 3.05) is 0 Å². The van der Waals surface area contributed by atoms with Crippen LogP contribution in [0.5, 0.6) is 0 Å². The number of fused-ring (bicyclic) bond motifs is 1. The van der Waals surface area contributed by atoms with E-state index in [-0.39, 0.29) is 16.1 Å². The fourth-order valence-electron chi connectivity index (χ4n) is 1.05. The normalized spacial score (nSPS) is 10.5. The van der Waals surface area contributed by atoms with Gasteiger partial charge in [0.15, 0.2) is 0 Å². The van der Waals surface area contributed by atoms with Crippen LogP contribution in [0.15, 0.2) is 21.9 Å². The Labute approximate surface area is 76.4 Å². The maximum atomic E-state index is 11.2. The first-order valence-corrected chi connectivity index (χ1v) is 3.83. The summed E-state index contributed by atoms with van der Waals surface area (Å²) in [6, 6.07) is 1.48. The van der Waals surface area contributed by atoms with Crippen LogP contribution >= 0.6 is 11.6 Å². The lowest BCUT2D eigenvalue weighted by Gasteiger charge is -1.95. The lowest BCUT2D eigenvalue weighted by atomic mass is 10.3. The predicted octanol–water partition coefficient (Wildman–Crippen LogP) is 0.265. The molecule has 0 aliphatic carbocycles. The van der Waals surface area contributed by atoms with E-state index in [1.807, 2.05) is 0 Å². The van der Waals surface area contributed by atoms with Crippen molar-refractivity contribution >= 4 is 22.6 Å². The van der Waals surface area contributed by atoms with Crippen molar-refractivity contribution < 1.29 is 0 Å². The second kappa shape index (κ2) is 2.70. The Kier molecular flexibility index (Phi) is 1.66. The summed E-state index contributed by atoms with van der Waals surface area (Å²) in [5.41, 5.74) is -0.926. The van der Waals surface area contributed by atoms with Gasteiger partial charge in [-0.1, -0.05) is 11.6 Å². The van der Waals surface area contributed by atoms with Gasteiger partial charge in [-0.3, -0.25) is 14.8 Å². The van der Waals surface area contributed by atoms with Crippen LogP contribution in [0.3, 0.4) is 0 Å². The lowest BCUT2D eigenvalue weighted by Crippen LogP contribution is -2.22. The lowest BCUT2D eigenvalue weighted by molar-refractivity contribution is 1.06. The smallest absolute Gasteiger partial charge is 0.291 e. The number of pyridine rings is 1. The molecule has 0 fully saturated rings. The molecule has 0 aromatic carbocycles. The highest BCUT2D eigenvalue weighted by Crippen LogP contribution is 2.13. The molecule has 2 heterocycles. The molecule has 0 unspecified atom stereocenters. The van der Waals surface area contributed by atoms with Crippen molar-refractivity contribution in [3.05, 3.63) is 38.1 Å². The summed E-state index contributed by atoms with van der Waals surface area (Å²) in [5, 5.41) is 0.464. The quantitative estimate of drug-likeness (QED) is 0.636. The van der Waals surface area contributed by atoms with Gasteiger partial charge in [-0.25, -0.2) is 9.78 Å². The van der Waals surface area contributed by atoms with E-state index in [2.05, 4.69) is 15.0 Å². The minimum absolute atomic E-state index is 0.196. The monoisotopic (exact) mass is 197 g/mol. The highest BCUT2D eigenvalue weighted by Gasteiger charge is 2.04. The molecule has 0 spiro atoms. The highest BCUT2D eigenvalue weighted by molar-refractivity contribution is 6.35. The van der Waals surface area contributed by atoms with Gasteiger partial charge in [-0.15, -0.1) is 0 Å². The maximum Gasteiger partial charge on any atom is 0.327 e. The zero-order valence-electron chi connectivity index (χ0n) is 6.30. The average molecular weight is 198 g/mol. The van der Waals surface area contributed by atoms with Gasteiger partial charge in [0.2, 0.25) is 0 Å². The fourth-order valence-corrected chi connectivity index (χ4v) is 1.29. The fraction of sp³-hybridized carbons (Fsp3) is 0. The van der Waals surface area contributed by atoms with E-state index in [0.29, 0.717) is 0 Å². The molecular weight excluding hydrogens is 194 g/mol. The molecule has 0 saturated carbocycles. The summed E-state index contributed by atoms with van der Waals surface area (Å²) in [7, 11) is 0. The zero-order chi connectivity index (χ0) is 9.42. The molecule has 5 nitrogen and oxygen atoms in total. The summed E-state index contributed by atoms with van der Waals surface area (Å²) >= 11 is 5.73. The molecule has 2 rings (SSSR count). The number of hydrogen-bond donors (Lipinski definition) is 2. The van der Waals surface area contributed by atoms with Crippen molar-refractivity contribution in [1.29, 1.82) is 0 Å². The van der Waals surface area contributed by atoms with E-state index in [0.717, 1.165) is 0 Å². The molecule has 0 saturated heterocycles. The third kappa shape index (κ3) is 1.23. The van der Waals surface area contributed by atoms with E-state index in [4.69, 9.17) is 11.6 Å². The minimum atomic E-state index is -0.590. The van der Waals surface area contributed by atoms with Crippen LogP contribution in [0, 0.1) is 0 Å². The van der Waals surface area contributed by atoms with Crippen molar-refractivity contribution in [3.8, 4) is 0 Å². The highest BCUT2D eigenvalue weighted by atomic mass is 35.5. The van der Waals surface area contributed by atoms with E-state index in [9.17, 15) is 9.59 Å². The number of nitrogens with zero attached hydrogens (tertiary/aromatic N) is 1. The van der Waals surface area contributed by atoms with E-state index in [1.165, 1.54) is 12.3 Å². The average Bonchev–Trinajstić information content (AvgIpc) is 2.02. The van der Waals surface area contributed by atoms with Crippen LogP contribution < -0.4 is 11.2 Å². The SMILES string of the molecule is O=c1[nH]c(=O)c2c(Cl)ccnc2[nH]1. The van der Waals surface area contributed by atoms with Gasteiger partial charge >= 0.3 is 5.69 Å². The molecule has 66 valence electrons. The summed E-state index contributed by atoms with van der Waals surface area (Å²) in [6.07, 6.45) is 1.42. The Bertz CT molecular complexity index is 572. The summed E-state index contributed by atoms with van der Waals surface area (Å²) in [4.78, 5) is 30.3. The third-order valence-electron chi connectivity index (χ3n) is 1.59. The van der Waals surface area contributed by atoms with Gasteiger partial charge in [0, 0.05) is 6.20 Å². The largest absolute Gasteiger partial charge is 0.327 e. The van der Waals surface area contributed by atoms with E-state index in [1.54, 1.807) is 0 Å². The van der Waals surface area contributed by atoms with Crippen molar-refractivity contribution in [1.82, 2.24) is 15.0 Å². The number of nitrogens with one attached hydrogen (secondary N) is 2. The Morgan fingerprint density at radius 1 is 1.31 bits per heavy atom. The topological polar surface area (TPSA) is 78.6 Å². The van der Waals surface area contributed by atoms with Gasteiger partial charge in [-0.2, -0.15) is 0 Å². The number of aromatic nitrogens is 3. The molecule has 0 aliphatic heterocycles. The van der Waals surface area contributed by atoms with Crippen molar-refractivity contribution in [2.24, 2.45) is 0 Å². The number of aromatic amines is 2. The molecule has 0 radical (unpaired) electrons. The van der Waals surface area contributed by atoms with Crippen LogP contribution in [0.4, 0.5) is 0 Å². The van der Waals surface area contributed by atoms with Gasteiger partial charge in [0.1, 0.15) is 11.0 Å². The van der Waals surface area contributed by atoms with E-state index >= 15 is 0 Å². The van der Waals surface area contributed by atoms with E-state index < -0.39 is 11.2 Å². The van der Waals surface area contributed by atoms with Crippen LogP contribution in [-0.2, 0) is 0 Å². The van der Waals surface area contributed by atoms with Crippen molar-refractivity contribution in [3.63, 3.8) is 0 Å². The molecule has 2 N–H and O–H groups in total. The number of hydrogen-bond acceptors (Lipinski definition) is 3. The molecule has 2 aromatic rings. The molecule has 0 bridgehead atoms. The molecular formula is C7H4ClN3O2. The Balaban J connectivity index is 3.12. The minimum Gasteiger partial charge on any atom is -0.291 e. The summed E-state index contributed by atoms with van der Waals surface area (Å²) in [5.74, 6) is 0. The Morgan fingerprint density at radius 3 is 2.85 bits per heavy atom. The van der Waals surface area contributed by atoms with Gasteiger partial charge in [0.25, 0.3) is 5.56 Å².